The molecule has 0 aliphatic rings. The molecule has 0 heterocycles. The third-order valence-corrected chi connectivity index (χ3v) is 2.15. The third-order valence-electron chi connectivity index (χ3n) is 1.13. The van der Waals surface area contributed by atoms with E-state index in [1.165, 1.54) is 12.1 Å². The number of hydrogen-bond acceptors (Lipinski definition) is 1. The van der Waals surface area contributed by atoms with Crippen molar-refractivity contribution < 1.29 is 4.74 Å². The molecule has 0 fully saturated rings. The molecule has 1 nitrogen and oxygen atoms in total. The molecule has 0 saturated heterocycles. The minimum absolute atomic E-state index is 0.398. The maximum Gasteiger partial charge on any atom is 0.139 e. The van der Waals surface area contributed by atoms with Gasteiger partial charge in [0.25, 0.3) is 0 Å². The second-order valence-electron chi connectivity index (χ2n) is 1.84. The van der Waals surface area contributed by atoms with Gasteiger partial charge < -0.3 is 4.74 Å². The first-order valence-corrected chi connectivity index (χ1v) is 3.85. The van der Waals surface area contributed by atoms with Crippen molar-refractivity contribution in [1.82, 2.24) is 0 Å². The fraction of sp³-hybridized carbons (Fsp3) is 0. The monoisotopic (exact) mass is 209 g/mol. The van der Waals surface area contributed by atoms with Crippen molar-refractivity contribution in [2.45, 2.75) is 0 Å². The topological polar surface area (TPSA) is 9.23 Å². The van der Waals surface area contributed by atoms with Crippen molar-refractivity contribution in [3.63, 3.8) is 0 Å². The third kappa shape index (κ3) is 1.92. The molecule has 1 aromatic rings. The lowest BCUT2D eigenvalue weighted by Crippen LogP contribution is -1.81. The maximum atomic E-state index is 5.69. The zero-order valence-corrected chi connectivity index (χ0v) is 7.67. The second-order valence-corrected chi connectivity index (χ2v) is 3.06. The Bertz CT molecular complexity index is 273. The molecule has 1 rings (SSSR count). The Balaban J connectivity index is 3.21. The highest BCUT2D eigenvalue weighted by atomic mass is 35.5. The molecule has 0 saturated carbocycles. The van der Waals surface area contributed by atoms with E-state index in [0.29, 0.717) is 20.8 Å². The van der Waals surface area contributed by atoms with Crippen LogP contribution in [0.5, 0.6) is 5.75 Å². The van der Waals surface area contributed by atoms with Crippen molar-refractivity contribution in [3.05, 3.63) is 34.3 Å². The van der Waals surface area contributed by atoms with Crippen LogP contribution in [0.4, 0.5) is 0 Å². The Morgan fingerprint density at radius 1 is 1.00 bits per heavy atom. The van der Waals surface area contributed by atoms with Gasteiger partial charge in [0.2, 0.25) is 0 Å². The fourth-order valence-corrected chi connectivity index (χ4v) is 1.21. The summed E-state index contributed by atoms with van der Waals surface area (Å²) in [5.74, 6) is 0.418. The number of benzene rings is 1. The molecule has 0 amide bonds. The van der Waals surface area contributed by atoms with Crippen LogP contribution >= 0.6 is 34.8 Å². The summed E-state index contributed by atoms with van der Waals surface area (Å²) >= 11 is 17.0. The molecular weight excluding hydrogens is 206 g/mol. The first-order valence-electron chi connectivity index (χ1n) is 2.71. The van der Waals surface area contributed by atoms with Gasteiger partial charge in [0, 0.05) is 6.07 Å². The van der Waals surface area contributed by atoms with Crippen LogP contribution in [0.3, 0.4) is 0 Å². The van der Waals surface area contributed by atoms with Crippen LogP contribution < -0.4 is 4.74 Å². The highest BCUT2D eigenvalue weighted by molar-refractivity contribution is 6.43. The molecule has 0 N–H and O–H groups in total. The molecule has 0 aliphatic carbocycles. The lowest BCUT2D eigenvalue weighted by atomic mass is 10.3. The SMILES string of the molecule is [CH2]Oc1cc(Cl)c(Cl)cc1Cl. The summed E-state index contributed by atoms with van der Waals surface area (Å²) in [4.78, 5) is 0. The van der Waals surface area contributed by atoms with Crippen LogP contribution in [0.25, 0.3) is 0 Å². The van der Waals surface area contributed by atoms with Gasteiger partial charge in [-0.15, -0.1) is 0 Å². The summed E-state index contributed by atoms with van der Waals surface area (Å²) in [5.41, 5.74) is 0. The summed E-state index contributed by atoms with van der Waals surface area (Å²) in [6, 6.07) is 3.02. The second kappa shape index (κ2) is 3.53. The number of rotatable bonds is 1. The van der Waals surface area contributed by atoms with Crippen molar-refractivity contribution in [2.75, 3.05) is 0 Å². The normalized spacial score (nSPS) is 9.82. The van der Waals surface area contributed by atoms with Gasteiger partial charge in [-0.2, -0.15) is 0 Å². The van der Waals surface area contributed by atoms with E-state index in [9.17, 15) is 0 Å². The predicted octanol–water partition coefficient (Wildman–Crippen LogP) is 3.82. The summed E-state index contributed by atoms with van der Waals surface area (Å²) in [7, 11) is 3.20. The van der Waals surface area contributed by atoms with Crippen molar-refractivity contribution in [2.24, 2.45) is 0 Å². The van der Waals surface area contributed by atoms with Gasteiger partial charge in [0.15, 0.2) is 0 Å². The predicted molar refractivity (Wildman–Crippen MR) is 47.5 cm³/mol. The van der Waals surface area contributed by atoms with Gasteiger partial charge >= 0.3 is 0 Å². The largest absolute Gasteiger partial charge is 0.488 e. The number of hydrogen-bond donors (Lipinski definition) is 0. The van der Waals surface area contributed by atoms with E-state index < -0.39 is 0 Å². The Labute approximate surface area is 79.8 Å². The standard InChI is InChI=1S/C7H4Cl3O/c1-11-7-3-5(9)4(8)2-6(7)10/h2-3H,1H2. The van der Waals surface area contributed by atoms with Crippen LogP contribution in [-0.4, -0.2) is 0 Å². The zero-order valence-electron chi connectivity index (χ0n) is 5.40. The summed E-state index contributed by atoms with van der Waals surface area (Å²) in [6.45, 7) is 0. The molecule has 11 heavy (non-hydrogen) atoms. The van der Waals surface area contributed by atoms with E-state index in [1.807, 2.05) is 0 Å². The molecule has 0 spiro atoms. The first kappa shape index (κ1) is 8.98. The molecule has 0 aliphatic heterocycles. The Hall–Kier alpha value is -0.110. The number of ether oxygens (including phenoxy) is 1. The average Bonchev–Trinajstić information content (AvgIpc) is 1.97. The van der Waals surface area contributed by atoms with E-state index >= 15 is 0 Å². The van der Waals surface area contributed by atoms with E-state index in [1.54, 1.807) is 0 Å². The van der Waals surface area contributed by atoms with E-state index in [4.69, 9.17) is 34.8 Å². The lowest BCUT2D eigenvalue weighted by Gasteiger charge is -2.03. The Morgan fingerprint density at radius 3 is 2.09 bits per heavy atom. The van der Waals surface area contributed by atoms with Gasteiger partial charge in [-0.05, 0) is 6.07 Å². The minimum Gasteiger partial charge on any atom is -0.488 e. The molecule has 0 aromatic heterocycles. The van der Waals surface area contributed by atoms with Gasteiger partial charge in [0.05, 0.1) is 15.1 Å². The number of halogens is 3. The van der Waals surface area contributed by atoms with Crippen LogP contribution in [0.2, 0.25) is 15.1 Å². The average molecular weight is 210 g/mol. The Morgan fingerprint density at radius 2 is 1.55 bits per heavy atom. The smallest absolute Gasteiger partial charge is 0.139 e. The molecule has 59 valence electrons. The molecule has 0 unspecified atom stereocenters. The van der Waals surface area contributed by atoms with Crippen molar-refractivity contribution in [3.8, 4) is 5.75 Å². The highest BCUT2D eigenvalue weighted by Gasteiger charge is 2.04. The van der Waals surface area contributed by atoms with Crippen LogP contribution in [0, 0.1) is 7.11 Å². The summed E-state index contributed by atoms with van der Waals surface area (Å²) in [5, 5.41) is 1.20. The van der Waals surface area contributed by atoms with Crippen LogP contribution in [0.15, 0.2) is 12.1 Å². The van der Waals surface area contributed by atoms with Crippen LogP contribution in [-0.2, 0) is 0 Å². The highest BCUT2D eigenvalue weighted by Crippen LogP contribution is 2.33. The Kier molecular flexibility index (Phi) is 2.88. The fourth-order valence-electron chi connectivity index (χ4n) is 0.615. The quantitative estimate of drug-likeness (QED) is 0.640. The first-order chi connectivity index (χ1) is 5.15. The van der Waals surface area contributed by atoms with Crippen molar-refractivity contribution >= 4 is 34.8 Å². The summed E-state index contributed by atoms with van der Waals surface area (Å²) in [6.07, 6.45) is 0. The van der Waals surface area contributed by atoms with E-state index in [2.05, 4.69) is 11.8 Å². The van der Waals surface area contributed by atoms with E-state index in [0.717, 1.165) is 0 Å². The summed E-state index contributed by atoms with van der Waals surface area (Å²) < 4.78 is 4.66. The molecule has 1 aromatic carbocycles. The molecular formula is C7H4Cl3O. The maximum absolute atomic E-state index is 5.69. The zero-order chi connectivity index (χ0) is 8.43. The minimum atomic E-state index is 0.398. The van der Waals surface area contributed by atoms with Gasteiger partial charge in [-0.1, -0.05) is 34.8 Å². The molecule has 0 bridgehead atoms. The van der Waals surface area contributed by atoms with Gasteiger partial charge in [0.1, 0.15) is 12.9 Å². The van der Waals surface area contributed by atoms with Crippen molar-refractivity contribution in [1.29, 1.82) is 0 Å². The molecule has 0 atom stereocenters. The van der Waals surface area contributed by atoms with Gasteiger partial charge in [-0.3, -0.25) is 0 Å². The van der Waals surface area contributed by atoms with Crippen LogP contribution in [0.1, 0.15) is 0 Å². The van der Waals surface area contributed by atoms with Gasteiger partial charge in [-0.25, -0.2) is 0 Å². The molecule has 4 heteroatoms. The molecule has 1 radical (unpaired) electrons. The van der Waals surface area contributed by atoms with E-state index in [-0.39, 0.29) is 0 Å². The lowest BCUT2D eigenvalue weighted by molar-refractivity contribution is 0.473.